The average Bonchev–Trinajstić information content (AvgIpc) is 3.00. The Bertz CT molecular complexity index is 1040. The van der Waals surface area contributed by atoms with Gasteiger partial charge in [0, 0.05) is 21.2 Å². The van der Waals surface area contributed by atoms with E-state index in [1.54, 1.807) is 25.1 Å². The number of nitrogens with one attached hydrogen (secondary N) is 1. The van der Waals surface area contributed by atoms with Crippen molar-refractivity contribution >= 4 is 51.8 Å². The number of para-hydroxylation sites is 1. The van der Waals surface area contributed by atoms with Crippen LogP contribution in [0, 0.1) is 6.92 Å². The van der Waals surface area contributed by atoms with E-state index in [1.165, 1.54) is 6.21 Å². The van der Waals surface area contributed by atoms with Crippen LogP contribution in [0.4, 0.5) is 5.13 Å². The van der Waals surface area contributed by atoms with E-state index in [1.807, 2.05) is 24.3 Å². The molecule has 3 rings (SSSR count). The maximum absolute atomic E-state index is 12.2. The van der Waals surface area contributed by atoms with E-state index >= 15 is 0 Å². The van der Waals surface area contributed by atoms with Crippen molar-refractivity contribution < 1.29 is 9.53 Å². The van der Waals surface area contributed by atoms with Crippen molar-refractivity contribution in [1.82, 2.24) is 10.4 Å². The SMILES string of the molecule is Cc1nc(N)sc1C(=O)N/N=C\c1ccccc1OCc1ccc(Cl)cc1Cl. The molecule has 1 aromatic heterocycles. The van der Waals surface area contributed by atoms with Gasteiger partial charge in [-0.2, -0.15) is 5.10 Å². The quantitative estimate of drug-likeness (QED) is 0.435. The summed E-state index contributed by atoms with van der Waals surface area (Å²) in [6.07, 6.45) is 1.51. The molecule has 3 aromatic rings. The van der Waals surface area contributed by atoms with Gasteiger partial charge in [0.05, 0.1) is 11.9 Å². The lowest BCUT2D eigenvalue weighted by Gasteiger charge is -2.10. The minimum Gasteiger partial charge on any atom is -0.488 e. The van der Waals surface area contributed by atoms with Crippen LogP contribution in [0.5, 0.6) is 5.75 Å². The number of hydrogen-bond donors (Lipinski definition) is 2. The highest BCUT2D eigenvalue weighted by atomic mass is 35.5. The Morgan fingerprint density at radius 3 is 2.82 bits per heavy atom. The molecular formula is C19H16Cl2N4O2S. The second-order valence-electron chi connectivity index (χ2n) is 5.73. The van der Waals surface area contributed by atoms with Gasteiger partial charge in [-0.25, -0.2) is 10.4 Å². The molecule has 2 aromatic carbocycles. The third-order valence-electron chi connectivity index (χ3n) is 3.71. The van der Waals surface area contributed by atoms with E-state index in [0.29, 0.717) is 37.1 Å². The molecule has 0 aliphatic carbocycles. The number of ether oxygens (including phenoxy) is 1. The third-order valence-corrected chi connectivity index (χ3v) is 5.28. The molecular weight excluding hydrogens is 419 g/mol. The zero-order chi connectivity index (χ0) is 20.1. The van der Waals surface area contributed by atoms with Gasteiger partial charge in [0.2, 0.25) is 0 Å². The second-order valence-corrected chi connectivity index (χ2v) is 7.60. The van der Waals surface area contributed by atoms with Crippen LogP contribution in [0.1, 0.15) is 26.5 Å². The molecule has 0 fully saturated rings. The summed E-state index contributed by atoms with van der Waals surface area (Å²) in [5.74, 6) is 0.235. The zero-order valence-corrected chi connectivity index (χ0v) is 17.1. The van der Waals surface area contributed by atoms with Gasteiger partial charge in [0.25, 0.3) is 5.91 Å². The largest absolute Gasteiger partial charge is 0.488 e. The molecule has 0 aliphatic heterocycles. The zero-order valence-electron chi connectivity index (χ0n) is 14.8. The normalized spacial score (nSPS) is 11.0. The van der Waals surface area contributed by atoms with Gasteiger partial charge in [0.1, 0.15) is 17.2 Å². The number of anilines is 1. The minimum atomic E-state index is -0.366. The lowest BCUT2D eigenvalue weighted by molar-refractivity contribution is 0.0958. The summed E-state index contributed by atoms with van der Waals surface area (Å²) in [5.41, 5.74) is 10.2. The fraction of sp³-hybridized carbons (Fsp3) is 0.105. The summed E-state index contributed by atoms with van der Waals surface area (Å²) in [5, 5.41) is 5.44. The number of aromatic nitrogens is 1. The number of thiazole rings is 1. The Morgan fingerprint density at radius 1 is 1.32 bits per heavy atom. The van der Waals surface area contributed by atoms with E-state index < -0.39 is 0 Å². The number of aryl methyl sites for hydroxylation is 1. The number of nitrogens with two attached hydrogens (primary N) is 1. The fourth-order valence-corrected chi connectivity index (χ4v) is 3.54. The van der Waals surface area contributed by atoms with Gasteiger partial charge >= 0.3 is 0 Å². The molecule has 0 aliphatic rings. The number of rotatable bonds is 6. The number of nitrogens with zero attached hydrogens (tertiary/aromatic N) is 2. The van der Waals surface area contributed by atoms with Crippen molar-refractivity contribution in [2.45, 2.75) is 13.5 Å². The molecule has 0 radical (unpaired) electrons. The molecule has 0 spiro atoms. The van der Waals surface area contributed by atoms with Gasteiger partial charge in [-0.05, 0) is 31.2 Å². The summed E-state index contributed by atoms with van der Waals surface area (Å²) in [4.78, 5) is 16.6. The molecule has 0 saturated heterocycles. The Morgan fingerprint density at radius 2 is 2.11 bits per heavy atom. The van der Waals surface area contributed by atoms with Crippen LogP contribution in [0.15, 0.2) is 47.6 Å². The highest BCUT2D eigenvalue weighted by molar-refractivity contribution is 7.17. The van der Waals surface area contributed by atoms with Crippen molar-refractivity contribution in [3.05, 3.63) is 74.2 Å². The van der Waals surface area contributed by atoms with Crippen LogP contribution in [0.3, 0.4) is 0 Å². The lowest BCUT2D eigenvalue weighted by Crippen LogP contribution is -2.17. The van der Waals surface area contributed by atoms with Crippen molar-refractivity contribution in [3.8, 4) is 5.75 Å². The summed E-state index contributed by atoms with van der Waals surface area (Å²) >= 11 is 13.2. The molecule has 0 unspecified atom stereocenters. The molecule has 144 valence electrons. The summed E-state index contributed by atoms with van der Waals surface area (Å²) < 4.78 is 5.85. The maximum atomic E-state index is 12.2. The molecule has 9 heteroatoms. The lowest BCUT2D eigenvalue weighted by atomic mass is 10.2. The van der Waals surface area contributed by atoms with Gasteiger partial charge < -0.3 is 10.5 Å². The van der Waals surface area contributed by atoms with Crippen LogP contribution in [0.2, 0.25) is 10.0 Å². The number of hydrazone groups is 1. The van der Waals surface area contributed by atoms with E-state index in [9.17, 15) is 4.79 Å². The molecule has 1 heterocycles. The number of hydrogen-bond acceptors (Lipinski definition) is 6. The first-order valence-corrected chi connectivity index (χ1v) is 9.73. The number of halogens is 2. The first-order chi connectivity index (χ1) is 13.4. The van der Waals surface area contributed by atoms with Crippen molar-refractivity contribution in [3.63, 3.8) is 0 Å². The van der Waals surface area contributed by atoms with E-state index in [2.05, 4.69) is 15.5 Å². The standard InChI is InChI=1S/C19H16Cl2N4O2S/c1-11-17(28-19(22)24-11)18(26)25-23-9-12-4-2-3-5-16(12)27-10-13-6-7-14(20)8-15(13)21/h2-9H,10H2,1H3,(H2,22,24)(H,25,26)/b23-9-. The molecule has 28 heavy (non-hydrogen) atoms. The maximum Gasteiger partial charge on any atom is 0.283 e. The molecule has 3 N–H and O–H groups in total. The van der Waals surface area contributed by atoms with E-state index in [-0.39, 0.29) is 12.5 Å². The predicted octanol–water partition coefficient (Wildman–Crippen LogP) is 4.68. The van der Waals surface area contributed by atoms with Crippen LogP contribution < -0.4 is 15.9 Å². The van der Waals surface area contributed by atoms with Crippen LogP contribution in [-0.4, -0.2) is 17.1 Å². The topological polar surface area (TPSA) is 89.6 Å². The molecule has 0 saturated carbocycles. The summed E-state index contributed by atoms with van der Waals surface area (Å²) in [6.45, 7) is 1.99. The van der Waals surface area contributed by atoms with Gasteiger partial charge in [-0.15, -0.1) is 0 Å². The predicted molar refractivity (Wildman–Crippen MR) is 114 cm³/mol. The number of nitrogen functional groups attached to an aromatic ring is 1. The first-order valence-electron chi connectivity index (χ1n) is 8.16. The fourth-order valence-electron chi connectivity index (χ4n) is 2.35. The first kappa shape index (κ1) is 20.1. The number of amides is 1. The smallest absolute Gasteiger partial charge is 0.283 e. The molecule has 1 amide bonds. The van der Waals surface area contributed by atoms with Crippen LogP contribution in [-0.2, 0) is 6.61 Å². The van der Waals surface area contributed by atoms with Gasteiger partial charge in [-0.3, -0.25) is 4.79 Å². The summed E-state index contributed by atoms with van der Waals surface area (Å²) in [6, 6.07) is 12.6. The highest BCUT2D eigenvalue weighted by Crippen LogP contribution is 2.24. The minimum absolute atomic E-state index is 0.270. The van der Waals surface area contributed by atoms with E-state index in [4.69, 9.17) is 33.7 Å². The Hall–Kier alpha value is -2.61. The highest BCUT2D eigenvalue weighted by Gasteiger charge is 2.13. The molecule has 0 bridgehead atoms. The molecule has 0 atom stereocenters. The summed E-state index contributed by atoms with van der Waals surface area (Å²) in [7, 11) is 0. The molecule has 6 nitrogen and oxygen atoms in total. The van der Waals surface area contributed by atoms with Gasteiger partial charge in [-0.1, -0.05) is 52.7 Å². The van der Waals surface area contributed by atoms with Crippen molar-refractivity contribution in [2.75, 3.05) is 5.73 Å². The Kier molecular flexibility index (Phi) is 6.51. The van der Waals surface area contributed by atoms with Gasteiger partial charge in [0.15, 0.2) is 5.13 Å². The third kappa shape index (κ3) is 5.01. The van der Waals surface area contributed by atoms with Crippen molar-refractivity contribution in [1.29, 1.82) is 0 Å². The number of carbonyl (C=O) groups is 1. The number of benzene rings is 2. The van der Waals surface area contributed by atoms with Crippen LogP contribution >= 0.6 is 34.5 Å². The monoisotopic (exact) mass is 434 g/mol. The van der Waals surface area contributed by atoms with Crippen LogP contribution in [0.25, 0.3) is 0 Å². The second kappa shape index (κ2) is 9.05. The van der Waals surface area contributed by atoms with Crippen molar-refractivity contribution in [2.24, 2.45) is 5.10 Å². The Labute approximate surface area is 176 Å². The van der Waals surface area contributed by atoms with E-state index in [0.717, 1.165) is 16.9 Å². The Balaban J connectivity index is 1.67. The average molecular weight is 435 g/mol. The number of carbonyl (C=O) groups excluding carboxylic acids is 1.